The second-order valence-electron chi connectivity index (χ2n) is 5.41. The first kappa shape index (κ1) is 15.9. The molecule has 0 saturated carbocycles. The van der Waals surface area contributed by atoms with E-state index in [-0.39, 0.29) is 11.9 Å². The van der Waals surface area contributed by atoms with Crippen LogP contribution in [0.5, 0.6) is 0 Å². The Morgan fingerprint density at radius 1 is 1.38 bits per heavy atom. The van der Waals surface area contributed by atoms with Crippen LogP contribution in [0.4, 0.5) is 0 Å². The lowest BCUT2D eigenvalue weighted by atomic mass is 10.1. The van der Waals surface area contributed by atoms with Crippen LogP contribution in [-0.4, -0.2) is 52.9 Å². The summed E-state index contributed by atoms with van der Waals surface area (Å²) >= 11 is 1.47. The minimum absolute atomic E-state index is 0.0142. The molecule has 1 aromatic heterocycles. The second kappa shape index (κ2) is 7.01. The molecule has 114 valence electrons. The first-order chi connectivity index (χ1) is 10.1. The van der Waals surface area contributed by atoms with Gasteiger partial charge in [0.05, 0.1) is 22.8 Å². The molecule has 6 heteroatoms. The molecular formula is C15H22N4OS. The van der Waals surface area contributed by atoms with Crippen molar-refractivity contribution < 1.29 is 4.79 Å². The average Bonchev–Trinajstić information content (AvgIpc) is 2.83. The molecule has 1 amide bonds. The van der Waals surface area contributed by atoms with Gasteiger partial charge >= 0.3 is 0 Å². The lowest BCUT2D eigenvalue weighted by molar-refractivity contribution is 0.0605. The smallest absolute Gasteiger partial charge is 0.265 e. The second-order valence-corrected chi connectivity index (χ2v) is 6.61. The van der Waals surface area contributed by atoms with E-state index >= 15 is 0 Å². The molecule has 0 bridgehead atoms. The van der Waals surface area contributed by atoms with Gasteiger partial charge in [-0.05, 0) is 20.3 Å². The minimum Gasteiger partial charge on any atom is -0.335 e. The van der Waals surface area contributed by atoms with E-state index in [1.165, 1.54) is 11.3 Å². The summed E-state index contributed by atoms with van der Waals surface area (Å²) in [6, 6.07) is 2.36. The molecule has 0 N–H and O–H groups in total. The average molecular weight is 306 g/mol. The number of hydrogen-bond acceptors (Lipinski definition) is 5. The third-order valence-electron chi connectivity index (χ3n) is 3.85. The summed E-state index contributed by atoms with van der Waals surface area (Å²) in [5.74, 6) is 0.0850. The van der Waals surface area contributed by atoms with E-state index in [0.29, 0.717) is 13.1 Å². The Kier molecular flexibility index (Phi) is 5.32. The quantitative estimate of drug-likeness (QED) is 0.855. The van der Waals surface area contributed by atoms with Crippen LogP contribution in [-0.2, 0) is 0 Å². The van der Waals surface area contributed by atoms with E-state index in [4.69, 9.17) is 0 Å². The minimum atomic E-state index is -0.0142. The van der Waals surface area contributed by atoms with Crippen molar-refractivity contribution >= 4 is 17.2 Å². The molecule has 2 rings (SSSR count). The van der Waals surface area contributed by atoms with Crippen LogP contribution in [0, 0.1) is 25.2 Å². The van der Waals surface area contributed by atoms with E-state index in [9.17, 15) is 10.1 Å². The Hall–Kier alpha value is -1.45. The highest BCUT2D eigenvalue weighted by Crippen LogP contribution is 2.20. The Bertz CT molecular complexity index is 540. The number of rotatable bonds is 4. The van der Waals surface area contributed by atoms with E-state index < -0.39 is 0 Å². The third kappa shape index (κ3) is 3.60. The summed E-state index contributed by atoms with van der Waals surface area (Å²) in [6.45, 7) is 8.85. The number of nitrogens with zero attached hydrogens (tertiary/aromatic N) is 4. The van der Waals surface area contributed by atoms with E-state index in [1.807, 2.05) is 18.7 Å². The van der Waals surface area contributed by atoms with Crippen LogP contribution in [0.1, 0.15) is 40.1 Å². The molecule has 1 saturated heterocycles. The van der Waals surface area contributed by atoms with Gasteiger partial charge in [0.2, 0.25) is 0 Å². The summed E-state index contributed by atoms with van der Waals surface area (Å²) in [6.07, 6.45) is 1.91. The van der Waals surface area contributed by atoms with E-state index in [2.05, 4.69) is 22.9 Å². The van der Waals surface area contributed by atoms with Crippen LogP contribution >= 0.6 is 11.3 Å². The van der Waals surface area contributed by atoms with Gasteiger partial charge in [0, 0.05) is 26.2 Å². The summed E-state index contributed by atoms with van der Waals surface area (Å²) < 4.78 is 0. The SMILES string of the molecule is CCCC(C#N)N1CCN(C(=O)c2sc(C)nc2C)CC1. The molecule has 1 aromatic rings. The highest BCUT2D eigenvalue weighted by atomic mass is 32.1. The fourth-order valence-corrected chi connectivity index (χ4v) is 3.60. The fraction of sp³-hybridized carbons (Fsp3) is 0.667. The van der Waals surface area contributed by atoms with Crippen LogP contribution in [0.25, 0.3) is 0 Å². The molecule has 0 spiro atoms. The standard InChI is InChI=1S/C15H22N4OS/c1-4-5-13(10-16)18-6-8-19(9-7-18)15(20)14-11(2)17-12(3)21-14/h13H,4-9H2,1-3H3. The van der Waals surface area contributed by atoms with Gasteiger partial charge in [0.25, 0.3) is 5.91 Å². The Balaban J connectivity index is 1.96. The zero-order valence-electron chi connectivity index (χ0n) is 12.9. The van der Waals surface area contributed by atoms with Crippen molar-refractivity contribution in [1.29, 1.82) is 5.26 Å². The van der Waals surface area contributed by atoms with Gasteiger partial charge in [-0.1, -0.05) is 13.3 Å². The van der Waals surface area contributed by atoms with Crippen molar-refractivity contribution in [2.75, 3.05) is 26.2 Å². The number of carbonyl (C=O) groups is 1. The van der Waals surface area contributed by atoms with Gasteiger partial charge in [-0.15, -0.1) is 11.3 Å². The summed E-state index contributed by atoms with van der Waals surface area (Å²) in [4.78, 5) is 21.7. The Morgan fingerprint density at radius 2 is 2.05 bits per heavy atom. The number of amides is 1. The molecule has 5 nitrogen and oxygen atoms in total. The van der Waals surface area contributed by atoms with Gasteiger partial charge < -0.3 is 4.90 Å². The zero-order valence-corrected chi connectivity index (χ0v) is 13.7. The Labute approximate surface area is 130 Å². The van der Waals surface area contributed by atoms with Crippen molar-refractivity contribution in [3.8, 4) is 6.07 Å². The zero-order chi connectivity index (χ0) is 15.4. The van der Waals surface area contributed by atoms with Crippen LogP contribution in [0.3, 0.4) is 0 Å². The molecule has 0 aromatic carbocycles. The van der Waals surface area contributed by atoms with Gasteiger partial charge in [0.1, 0.15) is 4.88 Å². The normalized spacial score (nSPS) is 17.5. The summed E-state index contributed by atoms with van der Waals surface area (Å²) in [7, 11) is 0. The van der Waals surface area contributed by atoms with Gasteiger partial charge in [-0.3, -0.25) is 9.69 Å². The van der Waals surface area contributed by atoms with E-state index in [1.54, 1.807) is 0 Å². The predicted molar refractivity (Wildman–Crippen MR) is 83.4 cm³/mol. The summed E-state index contributed by atoms with van der Waals surface area (Å²) in [5.41, 5.74) is 0.825. The lowest BCUT2D eigenvalue weighted by Gasteiger charge is -2.36. The largest absolute Gasteiger partial charge is 0.335 e. The number of nitriles is 1. The highest BCUT2D eigenvalue weighted by Gasteiger charge is 2.27. The summed E-state index contributed by atoms with van der Waals surface area (Å²) in [5, 5.41) is 10.2. The van der Waals surface area contributed by atoms with Crippen LogP contribution < -0.4 is 0 Å². The molecule has 1 aliphatic rings. The molecule has 2 heterocycles. The molecule has 1 atom stereocenters. The molecule has 0 radical (unpaired) electrons. The van der Waals surface area contributed by atoms with Crippen LogP contribution in [0.15, 0.2) is 0 Å². The fourth-order valence-electron chi connectivity index (χ4n) is 2.71. The molecular weight excluding hydrogens is 284 g/mol. The van der Waals surface area contributed by atoms with Crippen molar-refractivity contribution in [2.24, 2.45) is 0 Å². The lowest BCUT2D eigenvalue weighted by Crippen LogP contribution is -2.51. The number of piperazine rings is 1. The van der Waals surface area contributed by atoms with E-state index in [0.717, 1.165) is 41.5 Å². The molecule has 1 aliphatic heterocycles. The van der Waals surface area contributed by atoms with Crippen molar-refractivity contribution in [3.63, 3.8) is 0 Å². The van der Waals surface area contributed by atoms with Crippen molar-refractivity contribution in [1.82, 2.24) is 14.8 Å². The van der Waals surface area contributed by atoms with Crippen molar-refractivity contribution in [2.45, 2.75) is 39.7 Å². The van der Waals surface area contributed by atoms with Gasteiger partial charge in [-0.2, -0.15) is 5.26 Å². The topological polar surface area (TPSA) is 60.2 Å². The number of aryl methyl sites for hydroxylation is 2. The molecule has 1 unspecified atom stereocenters. The van der Waals surface area contributed by atoms with Crippen molar-refractivity contribution in [3.05, 3.63) is 15.6 Å². The first-order valence-corrected chi connectivity index (χ1v) is 8.25. The maximum Gasteiger partial charge on any atom is 0.265 e. The highest BCUT2D eigenvalue weighted by molar-refractivity contribution is 7.13. The number of hydrogen-bond donors (Lipinski definition) is 0. The third-order valence-corrected chi connectivity index (χ3v) is 4.91. The number of thiazole rings is 1. The number of aromatic nitrogens is 1. The number of carbonyl (C=O) groups excluding carboxylic acids is 1. The van der Waals surface area contributed by atoms with Gasteiger partial charge in [-0.25, -0.2) is 4.98 Å². The Morgan fingerprint density at radius 3 is 2.52 bits per heavy atom. The van der Waals surface area contributed by atoms with Gasteiger partial charge in [0.15, 0.2) is 0 Å². The maximum absolute atomic E-state index is 12.5. The van der Waals surface area contributed by atoms with Crippen LogP contribution in [0.2, 0.25) is 0 Å². The monoisotopic (exact) mass is 306 g/mol. The molecule has 0 aliphatic carbocycles. The first-order valence-electron chi connectivity index (χ1n) is 7.43. The maximum atomic E-state index is 12.5. The molecule has 21 heavy (non-hydrogen) atoms. The molecule has 1 fully saturated rings. The predicted octanol–water partition coefficient (Wildman–Crippen LogP) is 2.21.